The van der Waals surface area contributed by atoms with Crippen molar-refractivity contribution in [2.24, 2.45) is 4.99 Å². The molecule has 0 spiro atoms. The van der Waals surface area contributed by atoms with E-state index in [-0.39, 0.29) is 11.2 Å². The standard InChI is InChI=1S/C19H22N4O2S/c24-19-18-15-13(14(22-19)11-23-6-2-1-3-7-23)5-4-8-25-16(15)17(26-18)12-9-20-21-10-12/h9-10,18H,1-8,11H2,(H,20,21). The molecule has 1 amide bonds. The quantitative estimate of drug-likeness (QED) is 0.886. The average Bonchev–Trinajstić information content (AvgIpc) is 3.25. The minimum atomic E-state index is -0.256. The summed E-state index contributed by atoms with van der Waals surface area (Å²) in [6.45, 7) is 3.68. The Morgan fingerprint density at radius 1 is 1.27 bits per heavy atom. The summed E-state index contributed by atoms with van der Waals surface area (Å²) in [4.78, 5) is 20.8. The lowest BCUT2D eigenvalue weighted by Crippen LogP contribution is -2.38. The van der Waals surface area contributed by atoms with Gasteiger partial charge in [0.2, 0.25) is 0 Å². The number of thioether (sulfide) groups is 1. The van der Waals surface area contributed by atoms with Gasteiger partial charge in [-0.25, -0.2) is 4.99 Å². The Bertz CT molecular complexity index is 819. The lowest BCUT2D eigenvalue weighted by Gasteiger charge is -2.29. The maximum absolute atomic E-state index is 12.8. The Morgan fingerprint density at radius 2 is 2.15 bits per heavy atom. The van der Waals surface area contributed by atoms with Crippen LogP contribution < -0.4 is 0 Å². The Labute approximate surface area is 156 Å². The molecule has 7 heteroatoms. The van der Waals surface area contributed by atoms with Crippen LogP contribution in [0.5, 0.6) is 0 Å². The number of hydrogen-bond acceptors (Lipinski definition) is 5. The molecule has 5 heterocycles. The molecular weight excluding hydrogens is 348 g/mol. The zero-order valence-corrected chi connectivity index (χ0v) is 15.5. The first kappa shape index (κ1) is 16.3. The van der Waals surface area contributed by atoms with E-state index in [0.29, 0.717) is 6.61 Å². The number of amides is 1. The fourth-order valence-corrected chi connectivity index (χ4v) is 5.52. The second-order valence-electron chi connectivity index (χ2n) is 7.22. The normalized spacial score (nSPS) is 26.5. The van der Waals surface area contributed by atoms with Crippen LogP contribution in [0.2, 0.25) is 0 Å². The van der Waals surface area contributed by atoms with Gasteiger partial charge < -0.3 is 4.74 Å². The number of H-pyrrole nitrogens is 1. The Morgan fingerprint density at radius 3 is 2.96 bits per heavy atom. The van der Waals surface area contributed by atoms with Gasteiger partial charge in [-0.3, -0.25) is 14.8 Å². The Kier molecular flexibility index (Phi) is 4.21. The molecule has 0 radical (unpaired) electrons. The van der Waals surface area contributed by atoms with Crippen LogP contribution in [0.15, 0.2) is 34.3 Å². The first-order valence-corrected chi connectivity index (χ1v) is 10.3. The van der Waals surface area contributed by atoms with E-state index >= 15 is 0 Å². The van der Waals surface area contributed by atoms with Gasteiger partial charge in [0.15, 0.2) is 0 Å². The summed E-state index contributed by atoms with van der Waals surface area (Å²) in [5, 5.41) is 6.67. The summed E-state index contributed by atoms with van der Waals surface area (Å²) < 4.78 is 6.12. The molecule has 1 N–H and O–H groups in total. The average molecular weight is 370 g/mol. The molecule has 0 aromatic carbocycles. The molecule has 4 aliphatic heterocycles. The number of carbonyl (C=O) groups is 1. The van der Waals surface area contributed by atoms with Gasteiger partial charge in [0.25, 0.3) is 5.91 Å². The van der Waals surface area contributed by atoms with Gasteiger partial charge in [-0.15, -0.1) is 11.8 Å². The minimum Gasteiger partial charge on any atom is -0.492 e. The SMILES string of the molecule is O=C1N=C(CN2CCCCC2)C2=C3C(=C(c4cn[nH]c4)SC13)OCCC2. The number of likely N-dealkylation sites (tertiary alicyclic amines) is 1. The highest BCUT2D eigenvalue weighted by atomic mass is 32.2. The molecule has 1 aromatic heterocycles. The first-order chi connectivity index (χ1) is 12.8. The number of rotatable bonds is 3. The van der Waals surface area contributed by atoms with E-state index in [4.69, 9.17) is 4.74 Å². The molecule has 5 rings (SSSR count). The van der Waals surface area contributed by atoms with Crippen LogP contribution >= 0.6 is 11.8 Å². The molecule has 0 saturated carbocycles. The van der Waals surface area contributed by atoms with Crippen LogP contribution in [-0.4, -0.2) is 58.2 Å². The molecule has 0 bridgehead atoms. The van der Waals surface area contributed by atoms with Crippen LogP contribution in [0.3, 0.4) is 0 Å². The summed E-state index contributed by atoms with van der Waals surface area (Å²) in [5.41, 5.74) is 4.29. The third-order valence-electron chi connectivity index (χ3n) is 5.49. The van der Waals surface area contributed by atoms with E-state index in [1.165, 1.54) is 24.8 Å². The van der Waals surface area contributed by atoms with Crippen LogP contribution in [0.1, 0.15) is 37.7 Å². The first-order valence-electron chi connectivity index (χ1n) is 9.41. The number of aromatic amines is 1. The summed E-state index contributed by atoms with van der Waals surface area (Å²) in [7, 11) is 0. The summed E-state index contributed by atoms with van der Waals surface area (Å²) >= 11 is 1.56. The number of ether oxygens (including phenoxy) is 1. The van der Waals surface area contributed by atoms with E-state index < -0.39 is 0 Å². The van der Waals surface area contributed by atoms with E-state index in [0.717, 1.165) is 60.0 Å². The number of carbonyl (C=O) groups excluding carboxylic acids is 1. The number of aromatic nitrogens is 2. The van der Waals surface area contributed by atoms with Gasteiger partial charge >= 0.3 is 0 Å². The van der Waals surface area contributed by atoms with Gasteiger partial charge in [-0.1, -0.05) is 6.42 Å². The second-order valence-corrected chi connectivity index (χ2v) is 8.34. The van der Waals surface area contributed by atoms with Crippen molar-refractivity contribution in [2.75, 3.05) is 26.2 Å². The van der Waals surface area contributed by atoms with Crippen molar-refractivity contribution in [1.82, 2.24) is 15.1 Å². The fourth-order valence-electron chi connectivity index (χ4n) is 4.24. The largest absolute Gasteiger partial charge is 0.492 e. The Hall–Kier alpha value is -1.86. The second kappa shape index (κ2) is 6.70. The van der Waals surface area contributed by atoms with Crippen LogP contribution in [0.25, 0.3) is 4.91 Å². The molecule has 1 atom stereocenters. The molecule has 0 aliphatic carbocycles. The van der Waals surface area contributed by atoms with Crippen molar-refractivity contribution in [1.29, 1.82) is 0 Å². The number of dihydropyridines is 1. The predicted octanol–water partition coefficient (Wildman–Crippen LogP) is 2.77. The summed E-state index contributed by atoms with van der Waals surface area (Å²) in [6.07, 6.45) is 9.35. The maximum Gasteiger partial charge on any atom is 0.264 e. The van der Waals surface area contributed by atoms with Crippen molar-refractivity contribution < 1.29 is 9.53 Å². The third-order valence-corrected chi connectivity index (χ3v) is 6.82. The lowest BCUT2D eigenvalue weighted by atomic mass is 9.92. The monoisotopic (exact) mass is 370 g/mol. The minimum absolute atomic E-state index is 0.0396. The summed E-state index contributed by atoms with van der Waals surface area (Å²) in [6, 6.07) is 0. The fraction of sp³-hybridized carbons (Fsp3) is 0.526. The summed E-state index contributed by atoms with van der Waals surface area (Å²) in [5.74, 6) is 0.843. The van der Waals surface area contributed by atoms with Crippen LogP contribution in [-0.2, 0) is 9.53 Å². The highest BCUT2D eigenvalue weighted by Gasteiger charge is 2.43. The molecule has 4 aliphatic rings. The van der Waals surface area contributed by atoms with Crippen molar-refractivity contribution in [3.63, 3.8) is 0 Å². The van der Waals surface area contributed by atoms with E-state index in [2.05, 4.69) is 20.1 Å². The van der Waals surface area contributed by atoms with Crippen molar-refractivity contribution in [2.45, 2.75) is 37.4 Å². The smallest absolute Gasteiger partial charge is 0.264 e. The molecular formula is C19H22N4O2S. The molecule has 136 valence electrons. The van der Waals surface area contributed by atoms with Crippen molar-refractivity contribution in [3.8, 4) is 0 Å². The zero-order valence-electron chi connectivity index (χ0n) is 14.7. The molecule has 26 heavy (non-hydrogen) atoms. The molecule has 1 fully saturated rings. The number of piperidine rings is 1. The molecule has 6 nitrogen and oxygen atoms in total. The van der Waals surface area contributed by atoms with Crippen molar-refractivity contribution >= 4 is 28.3 Å². The van der Waals surface area contributed by atoms with Crippen LogP contribution in [0, 0.1) is 0 Å². The van der Waals surface area contributed by atoms with Gasteiger partial charge in [-0.2, -0.15) is 5.10 Å². The molecule has 1 unspecified atom stereocenters. The highest BCUT2D eigenvalue weighted by Crippen LogP contribution is 2.51. The van der Waals surface area contributed by atoms with E-state index in [1.807, 2.05) is 6.20 Å². The van der Waals surface area contributed by atoms with Crippen molar-refractivity contribution in [3.05, 3.63) is 34.9 Å². The van der Waals surface area contributed by atoms with E-state index in [9.17, 15) is 4.79 Å². The van der Waals surface area contributed by atoms with Gasteiger partial charge in [0.1, 0.15) is 11.0 Å². The topological polar surface area (TPSA) is 70.6 Å². The number of nitrogens with one attached hydrogen (secondary N) is 1. The lowest BCUT2D eigenvalue weighted by molar-refractivity contribution is -0.116. The number of aliphatic imine (C=N–C) groups is 1. The molecule has 1 saturated heterocycles. The van der Waals surface area contributed by atoms with Gasteiger partial charge in [0, 0.05) is 23.9 Å². The highest BCUT2D eigenvalue weighted by molar-refractivity contribution is 8.10. The Balaban J connectivity index is 1.55. The maximum atomic E-state index is 12.8. The number of hydrogen-bond donors (Lipinski definition) is 1. The number of allylic oxidation sites excluding steroid dienone is 1. The molecule has 1 aromatic rings. The third kappa shape index (κ3) is 2.74. The van der Waals surface area contributed by atoms with Gasteiger partial charge in [-0.05, 0) is 44.3 Å². The number of nitrogens with zero attached hydrogens (tertiary/aromatic N) is 3. The van der Waals surface area contributed by atoms with E-state index in [1.54, 1.807) is 18.0 Å². The zero-order chi connectivity index (χ0) is 17.5. The predicted molar refractivity (Wildman–Crippen MR) is 102 cm³/mol. The van der Waals surface area contributed by atoms with Crippen LogP contribution in [0.4, 0.5) is 0 Å². The van der Waals surface area contributed by atoms with Gasteiger partial charge in [0.05, 0.1) is 23.4 Å².